The number of fused-ring (bicyclic) bond motifs is 1. The molecule has 1 aromatic heterocycles. The van der Waals surface area contributed by atoms with E-state index in [1.807, 2.05) is 66.7 Å². The van der Waals surface area contributed by atoms with Crippen LogP contribution in [-0.2, 0) is 22.4 Å². The van der Waals surface area contributed by atoms with Crippen molar-refractivity contribution in [2.24, 2.45) is 0 Å². The number of methoxy groups -OCH3 is 1. The summed E-state index contributed by atoms with van der Waals surface area (Å²) in [5, 5.41) is 6.07. The molecule has 2 amide bonds. The number of hydrogen-bond acceptors (Lipinski definition) is 6. The summed E-state index contributed by atoms with van der Waals surface area (Å²) < 4.78 is 10.4. The van der Waals surface area contributed by atoms with Crippen molar-refractivity contribution >= 4 is 22.6 Å². The summed E-state index contributed by atoms with van der Waals surface area (Å²) in [6.45, 7) is 0. The molecule has 4 aromatic rings. The standard InChI is InChI=1S/C25H24N4O4/c1-32-20-14-12-18(13-15-20)25-26-24(33-29-25)11-5-10-22(30)27-28-23(31)16-19-8-4-7-17-6-2-3-9-21(17)19/h2-4,6-9,12-15H,5,10-11,16H2,1H3,(H,27,30)(H,28,31). The molecule has 0 aliphatic rings. The molecule has 0 saturated heterocycles. The van der Waals surface area contributed by atoms with E-state index in [4.69, 9.17) is 9.26 Å². The van der Waals surface area contributed by atoms with Crippen molar-refractivity contribution in [3.63, 3.8) is 0 Å². The molecule has 0 saturated carbocycles. The van der Waals surface area contributed by atoms with Crippen LogP contribution < -0.4 is 15.6 Å². The van der Waals surface area contributed by atoms with Crippen LogP contribution >= 0.6 is 0 Å². The van der Waals surface area contributed by atoms with Crippen LogP contribution in [0.5, 0.6) is 5.75 Å². The van der Waals surface area contributed by atoms with Gasteiger partial charge in [0.1, 0.15) is 5.75 Å². The van der Waals surface area contributed by atoms with Gasteiger partial charge in [0, 0.05) is 18.4 Å². The van der Waals surface area contributed by atoms with Gasteiger partial charge in [0.15, 0.2) is 0 Å². The van der Waals surface area contributed by atoms with Crippen LogP contribution in [0.25, 0.3) is 22.2 Å². The zero-order chi connectivity index (χ0) is 23.0. The second-order valence-corrected chi connectivity index (χ2v) is 7.51. The number of nitrogens with one attached hydrogen (secondary N) is 2. The SMILES string of the molecule is COc1ccc(-c2noc(CCCC(=O)NNC(=O)Cc3cccc4ccccc34)n2)cc1. The fourth-order valence-corrected chi connectivity index (χ4v) is 3.48. The number of benzene rings is 3. The first-order valence-corrected chi connectivity index (χ1v) is 10.6. The first kappa shape index (κ1) is 22.0. The first-order valence-electron chi connectivity index (χ1n) is 10.6. The van der Waals surface area contributed by atoms with Gasteiger partial charge in [0.2, 0.25) is 23.5 Å². The molecule has 0 spiro atoms. The average molecular weight is 444 g/mol. The minimum atomic E-state index is -0.281. The predicted molar refractivity (Wildman–Crippen MR) is 123 cm³/mol. The fraction of sp³-hybridized carbons (Fsp3) is 0.200. The number of amides is 2. The molecule has 1 heterocycles. The summed E-state index contributed by atoms with van der Waals surface area (Å²) in [5.41, 5.74) is 6.66. The van der Waals surface area contributed by atoms with Gasteiger partial charge in [-0.25, -0.2) is 0 Å². The lowest BCUT2D eigenvalue weighted by molar-refractivity contribution is -0.128. The Morgan fingerprint density at radius 3 is 2.52 bits per heavy atom. The first-order chi connectivity index (χ1) is 16.1. The normalized spacial score (nSPS) is 10.7. The molecule has 33 heavy (non-hydrogen) atoms. The van der Waals surface area contributed by atoms with Crippen LogP contribution in [-0.4, -0.2) is 29.1 Å². The van der Waals surface area contributed by atoms with Crippen LogP contribution in [0, 0.1) is 0 Å². The number of carbonyl (C=O) groups is 2. The van der Waals surface area contributed by atoms with Crippen molar-refractivity contribution in [1.82, 2.24) is 21.0 Å². The maximum Gasteiger partial charge on any atom is 0.242 e. The zero-order valence-electron chi connectivity index (χ0n) is 18.2. The molecule has 0 aliphatic carbocycles. The van der Waals surface area contributed by atoms with Gasteiger partial charge in [-0.1, -0.05) is 47.6 Å². The Balaban J connectivity index is 1.20. The molecular formula is C25H24N4O4. The van der Waals surface area contributed by atoms with E-state index in [0.717, 1.165) is 27.6 Å². The number of hydrazine groups is 1. The van der Waals surface area contributed by atoms with Gasteiger partial charge in [-0.3, -0.25) is 20.4 Å². The molecule has 0 fully saturated rings. The highest BCUT2D eigenvalue weighted by Crippen LogP contribution is 2.20. The van der Waals surface area contributed by atoms with Crippen molar-refractivity contribution in [2.45, 2.75) is 25.7 Å². The van der Waals surface area contributed by atoms with Crippen molar-refractivity contribution in [1.29, 1.82) is 0 Å². The van der Waals surface area contributed by atoms with E-state index < -0.39 is 0 Å². The fourth-order valence-electron chi connectivity index (χ4n) is 3.48. The predicted octanol–water partition coefficient (Wildman–Crippen LogP) is 3.61. The third-order valence-electron chi connectivity index (χ3n) is 5.18. The van der Waals surface area contributed by atoms with Gasteiger partial charge in [0.25, 0.3) is 0 Å². The third kappa shape index (κ3) is 5.74. The van der Waals surface area contributed by atoms with Crippen molar-refractivity contribution < 1.29 is 18.8 Å². The van der Waals surface area contributed by atoms with Crippen LogP contribution in [0.1, 0.15) is 24.3 Å². The summed E-state index contributed by atoms with van der Waals surface area (Å²) in [7, 11) is 1.61. The number of ether oxygens (including phenoxy) is 1. The lowest BCUT2D eigenvalue weighted by Crippen LogP contribution is -2.42. The van der Waals surface area contributed by atoms with Crippen molar-refractivity contribution in [3.8, 4) is 17.1 Å². The molecule has 4 rings (SSSR count). The van der Waals surface area contributed by atoms with E-state index in [1.54, 1.807) is 7.11 Å². The topological polar surface area (TPSA) is 106 Å². The molecule has 3 aromatic carbocycles. The quantitative estimate of drug-likeness (QED) is 0.402. The van der Waals surface area contributed by atoms with Gasteiger partial charge in [-0.05, 0) is 47.0 Å². The maximum absolute atomic E-state index is 12.3. The van der Waals surface area contributed by atoms with E-state index in [9.17, 15) is 9.59 Å². The molecule has 0 unspecified atom stereocenters. The Bertz CT molecular complexity index is 1250. The van der Waals surface area contributed by atoms with Gasteiger partial charge < -0.3 is 9.26 Å². The Morgan fingerprint density at radius 1 is 0.939 bits per heavy atom. The molecule has 8 heteroatoms. The van der Waals surface area contributed by atoms with Gasteiger partial charge in [0.05, 0.1) is 13.5 Å². The second-order valence-electron chi connectivity index (χ2n) is 7.51. The molecule has 2 N–H and O–H groups in total. The number of hydrogen-bond donors (Lipinski definition) is 2. The monoisotopic (exact) mass is 444 g/mol. The van der Waals surface area contributed by atoms with Crippen LogP contribution in [0.3, 0.4) is 0 Å². The van der Waals surface area contributed by atoms with Crippen LogP contribution in [0.4, 0.5) is 0 Å². The van der Waals surface area contributed by atoms with Gasteiger partial charge >= 0.3 is 0 Å². The average Bonchev–Trinajstić information content (AvgIpc) is 3.32. The highest BCUT2D eigenvalue weighted by molar-refractivity contribution is 5.90. The van der Waals surface area contributed by atoms with Crippen LogP contribution in [0.2, 0.25) is 0 Å². The van der Waals surface area contributed by atoms with E-state index in [1.165, 1.54) is 0 Å². The summed E-state index contributed by atoms with van der Waals surface area (Å²) >= 11 is 0. The molecule has 8 nitrogen and oxygen atoms in total. The Kier molecular flexibility index (Phi) is 6.94. The molecule has 0 bridgehead atoms. The Hall–Kier alpha value is -4.20. The summed E-state index contributed by atoms with van der Waals surface area (Å²) in [4.78, 5) is 28.7. The van der Waals surface area contributed by atoms with E-state index in [-0.39, 0.29) is 24.7 Å². The number of aromatic nitrogens is 2. The number of carbonyl (C=O) groups excluding carboxylic acids is 2. The van der Waals surface area contributed by atoms with Gasteiger partial charge in [-0.15, -0.1) is 0 Å². The van der Waals surface area contributed by atoms with E-state index >= 15 is 0 Å². The minimum absolute atomic E-state index is 0.178. The van der Waals surface area contributed by atoms with Crippen molar-refractivity contribution in [2.75, 3.05) is 7.11 Å². The number of rotatable bonds is 8. The minimum Gasteiger partial charge on any atom is -0.497 e. The molecule has 0 radical (unpaired) electrons. The second kappa shape index (κ2) is 10.4. The van der Waals surface area contributed by atoms with E-state index in [2.05, 4.69) is 21.0 Å². The molecular weight excluding hydrogens is 420 g/mol. The largest absolute Gasteiger partial charge is 0.497 e. The lowest BCUT2D eigenvalue weighted by Gasteiger charge is -2.09. The molecule has 0 aliphatic heterocycles. The number of aryl methyl sites for hydroxylation is 1. The van der Waals surface area contributed by atoms with Crippen LogP contribution in [0.15, 0.2) is 71.3 Å². The highest BCUT2D eigenvalue weighted by Gasteiger charge is 2.11. The highest BCUT2D eigenvalue weighted by atomic mass is 16.5. The summed E-state index contributed by atoms with van der Waals surface area (Å²) in [6.07, 6.45) is 1.36. The molecule has 168 valence electrons. The van der Waals surface area contributed by atoms with E-state index in [0.29, 0.717) is 24.6 Å². The number of nitrogens with zero attached hydrogens (tertiary/aromatic N) is 2. The zero-order valence-corrected chi connectivity index (χ0v) is 18.2. The van der Waals surface area contributed by atoms with Crippen molar-refractivity contribution in [3.05, 3.63) is 78.2 Å². The third-order valence-corrected chi connectivity index (χ3v) is 5.18. The molecule has 0 atom stereocenters. The Labute approximate surface area is 190 Å². The van der Waals surface area contributed by atoms with Gasteiger partial charge in [-0.2, -0.15) is 4.98 Å². The summed E-state index contributed by atoms with van der Waals surface area (Å²) in [5.74, 6) is 1.13. The smallest absolute Gasteiger partial charge is 0.242 e. The maximum atomic E-state index is 12.3. The lowest BCUT2D eigenvalue weighted by atomic mass is 10.0. The summed E-state index contributed by atoms with van der Waals surface area (Å²) in [6, 6.07) is 21.1. The Morgan fingerprint density at radius 2 is 1.70 bits per heavy atom.